The Balaban J connectivity index is 2.10. The SMILES string of the molecule is O=[P+](CP(=O)(O)O)OCNN1CCCCC1. The van der Waals surface area contributed by atoms with Gasteiger partial charge in [0.15, 0.2) is 6.73 Å². The molecule has 9 heteroatoms. The normalized spacial score (nSPS) is 19.8. The topological polar surface area (TPSA) is 99.1 Å². The number of nitrogens with one attached hydrogen (secondary N) is 1. The predicted molar refractivity (Wildman–Crippen MR) is 59.0 cm³/mol. The fourth-order valence-electron chi connectivity index (χ4n) is 1.44. The van der Waals surface area contributed by atoms with Crippen LogP contribution in [0.5, 0.6) is 0 Å². The molecule has 16 heavy (non-hydrogen) atoms. The summed E-state index contributed by atoms with van der Waals surface area (Å²) in [5, 5.41) is 1.96. The van der Waals surface area contributed by atoms with Gasteiger partial charge in [0.2, 0.25) is 0 Å². The summed E-state index contributed by atoms with van der Waals surface area (Å²) in [5.74, 6) is -0.718. The molecule has 0 amide bonds. The summed E-state index contributed by atoms with van der Waals surface area (Å²) in [4.78, 5) is 17.1. The lowest BCUT2D eigenvalue weighted by molar-refractivity contribution is 0.106. The summed E-state index contributed by atoms with van der Waals surface area (Å²) in [7, 11) is -6.54. The highest BCUT2D eigenvalue weighted by atomic mass is 31.2. The van der Waals surface area contributed by atoms with Crippen molar-refractivity contribution in [1.29, 1.82) is 0 Å². The molecule has 0 radical (unpaired) electrons. The van der Waals surface area contributed by atoms with Gasteiger partial charge >= 0.3 is 15.6 Å². The Bertz CT molecular complexity index is 276. The van der Waals surface area contributed by atoms with Gasteiger partial charge in [-0.15, -0.1) is 4.52 Å². The molecule has 1 atom stereocenters. The van der Waals surface area contributed by atoms with Crippen molar-refractivity contribution in [2.45, 2.75) is 19.3 Å². The van der Waals surface area contributed by atoms with E-state index < -0.39 is 21.5 Å². The van der Waals surface area contributed by atoms with Crippen molar-refractivity contribution in [3.8, 4) is 0 Å². The second-order valence-electron chi connectivity index (χ2n) is 3.62. The van der Waals surface area contributed by atoms with Gasteiger partial charge in [0, 0.05) is 13.1 Å². The number of nitrogens with zero attached hydrogens (tertiary/aromatic N) is 1. The van der Waals surface area contributed by atoms with Crippen molar-refractivity contribution in [3.63, 3.8) is 0 Å². The van der Waals surface area contributed by atoms with Crippen LogP contribution in [0.3, 0.4) is 0 Å². The third-order valence-electron chi connectivity index (χ3n) is 2.15. The van der Waals surface area contributed by atoms with E-state index in [1.165, 1.54) is 6.42 Å². The molecule has 1 unspecified atom stereocenters. The number of piperidine rings is 1. The molecule has 0 aromatic carbocycles. The second kappa shape index (κ2) is 6.77. The number of hydrogen-bond acceptors (Lipinski definition) is 5. The van der Waals surface area contributed by atoms with Crippen LogP contribution in [0.4, 0.5) is 0 Å². The number of hydrazine groups is 1. The first-order valence-electron chi connectivity index (χ1n) is 5.08. The molecule has 0 saturated carbocycles. The van der Waals surface area contributed by atoms with Gasteiger partial charge in [0.1, 0.15) is 0 Å². The lowest BCUT2D eigenvalue weighted by Crippen LogP contribution is -2.42. The van der Waals surface area contributed by atoms with E-state index in [1.54, 1.807) is 0 Å². The first-order chi connectivity index (χ1) is 7.47. The van der Waals surface area contributed by atoms with Crippen LogP contribution in [-0.4, -0.2) is 40.5 Å². The van der Waals surface area contributed by atoms with Crippen molar-refractivity contribution in [3.05, 3.63) is 0 Å². The average Bonchev–Trinajstić information content (AvgIpc) is 2.16. The van der Waals surface area contributed by atoms with Crippen molar-refractivity contribution < 1.29 is 23.4 Å². The first kappa shape index (κ1) is 14.2. The zero-order valence-electron chi connectivity index (χ0n) is 8.91. The van der Waals surface area contributed by atoms with E-state index in [9.17, 15) is 9.13 Å². The van der Waals surface area contributed by atoms with Crippen molar-refractivity contribution in [1.82, 2.24) is 10.4 Å². The molecule has 3 N–H and O–H groups in total. The van der Waals surface area contributed by atoms with E-state index in [0.717, 1.165) is 25.9 Å². The molecule has 0 bridgehead atoms. The van der Waals surface area contributed by atoms with E-state index in [4.69, 9.17) is 14.3 Å². The highest BCUT2D eigenvalue weighted by Gasteiger charge is 2.31. The van der Waals surface area contributed by atoms with E-state index in [1.807, 2.05) is 5.01 Å². The molecule has 1 saturated heterocycles. The van der Waals surface area contributed by atoms with E-state index >= 15 is 0 Å². The maximum absolute atomic E-state index is 11.1. The quantitative estimate of drug-likeness (QED) is 0.486. The zero-order chi connectivity index (χ0) is 12.0. The Morgan fingerprint density at radius 1 is 1.31 bits per heavy atom. The molecule has 0 aromatic rings. The Labute approximate surface area is 95.2 Å². The summed E-state index contributed by atoms with van der Waals surface area (Å²) in [6, 6.07) is 0. The van der Waals surface area contributed by atoms with E-state index in [2.05, 4.69) is 5.43 Å². The summed E-state index contributed by atoms with van der Waals surface area (Å²) < 4.78 is 26.4. The van der Waals surface area contributed by atoms with Crippen LogP contribution >= 0.6 is 15.6 Å². The van der Waals surface area contributed by atoms with Gasteiger partial charge in [-0.3, -0.25) is 4.57 Å². The van der Waals surface area contributed by atoms with Gasteiger partial charge in [0.05, 0.1) is 0 Å². The summed E-state index contributed by atoms with van der Waals surface area (Å²) in [5.41, 5.74) is 2.91. The molecule has 0 aliphatic carbocycles. The molecule has 94 valence electrons. The van der Waals surface area contributed by atoms with Crippen LogP contribution in [0.15, 0.2) is 0 Å². The van der Waals surface area contributed by atoms with Gasteiger partial charge in [0.25, 0.3) is 5.90 Å². The standard InChI is InChI=1S/C7H16N2O5P2/c10-15(7-16(11,12)13)14-6-8-9-4-2-1-3-5-9/h8H,1-7H2,(H-,11,12,13)/p+1. The summed E-state index contributed by atoms with van der Waals surface area (Å²) in [6.45, 7) is 1.85. The molecular weight excluding hydrogens is 254 g/mol. The van der Waals surface area contributed by atoms with Gasteiger partial charge in [-0.2, -0.15) is 0 Å². The van der Waals surface area contributed by atoms with E-state index in [0.29, 0.717) is 0 Å². The predicted octanol–water partition coefficient (Wildman–Crippen LogP) is 0.829. The Morgan fingerprint density at radius 3 is 2.50 bits per heavy atom. The summed E-state index contributed by atoms with van der Waals surface area (Å²) >= 11 is 0. The molecule has 7 nitrogen and oxygen atoms in total. The van der Waals surface area contributed by atoms with Crippen LogP contribution in [0.2, 0.25) is 0 Å². The Hall–Kier alpha value is 0.130. The highest BCUT2D eigenvalue weighted by molar-refractivity contribution is 7.64. The Morgan fingerprint density at radius 2 is 1.94 bits per heavy atom. The van der Waals surface area contributed by atoms with Crippen LogP contribution in [-0.2, 0) is 13.7 Å². The van der Waals surface area contributed by atoms with Crippen LogP contribution in [0, 0.1) is 0 Å². The maximum atomic E-state index is 11.1. The van der Waals surface area contributed by atoms with Crippen molar-refractivity contribution >= 4 is 15.6 Å². The molecule has 0 aromatic heterocycles. The first-order valence-corrected chi connectivity index (χ1v) is 8.24. The molecule has 1 aliphatic heterocycles. The van der Waals surface area contributed by atoms with Crippen molar-refractivity contribution in [2.24, 2.45) is 0 Å². The fraction of sp³-hybridized carbons (Fsp3) is 1.00. The van der Waals surface area contributed by atoms with Gasteiger partial charge in [-0.05, 0) is 17.4 Å². The minimum atomic E-state index is -4.24. The average molecular weight is 271 g/mol. The van der Waals surface area contributed by atoms with Gasteiger partial charge in [-0.25, -0.2) is 10.4 Å². The van der Waals surface area contributed by atoms with Gasteiger partial charge < -0.3 is 9.79 Å². The minimum Gasteiger partial charge on any atom is -0.321 e. The second-order valence-corrected chi connectivity index (χ2v) is 7.00. The highest BCUT2D eigenvalue weighted by Crippen LogP contribution is 2.45. The minimum absolute atomic E-state index is 0.0230. The molecular formula is C7H17N2O5P2+. The molecule has 0 spiro atoms. The molecule has 1 rings (SSSR count). The maximum Gasteiger partial charge on any atom is 0.522 e. The van der Waals surface area contributed by atoms with Crippen LogP contribution < -0.4 is 5.43 Å². The molecule has 1 fully saturated rings. The van der Waals surface area contributed by atoms with Gasteiger partial charge in [-0.1, -0.05) is 6.42 Å². The Kier molecular flexibility index (Phi) is 6.00. The lowest BCUT2D eigenvalue weighted by atomic mass is 10.2. The van der Waals surface area contributed by atoms with Crippen LogP contribution in [0.25, 0.3) is 0 Å². The molecule has 1 aliphatic rings. The lowest BCUT2D eigenvalue weighted by Gasteiger charge is -2.25. The summed E-state index contributed by atoms with van der Waals surface area (Å²) in [6.07, 6.45) is 3.44. The van der Waals surface area contributed by atoms with E-state index in [-0.39, 0.29) is 6.73 Å². The number of hydrogen-bond donors (Lipinski definition) is 3. The third-order valence-corrected chi connectivity index (χ3v) is 4.97. The van der Waals surface area contributed by atoms with Crippen LogP contribution in [0.1, 0.15) is 19.3 Å². The largest absolute Gasteiger partial charge is 0.522 e. The zero-order valence-corrected chi connectivity index (χ0v) is 10.7. The smallest absolute Gasteiger partial charge is 0.321 e. The molecule has 1 heterocycles. The fourth-order valence-corrected chi connectivity index (χ4v) is 3.17. The third kappa shape index (κ3) is 6.66. The monoisotopic (exact) mass is 271 g/mol. The number of rotatable bonds is 6. The van der Waals surface area contributed by atoms with Crippen molar-refractivity contribution in [2.75, 3.05) is 25.7 Å².